The van der Waals surface area contributed by atoms with Crippen molar-refractivity contribution in [3.63, 3.8) is 0 Å². The van der Waals surface area contributed by atoms with Crippen molar-refractivity contribution < 1.29 is 9.63 Å². The third-order valence-electron chi connectivity index (χ3n) is 5.70. The van der Waals surface area contributed by atoms with Gasteiger partial charge in [-0.05, 0) is 30.2 Å². The summed E-state index contributed by atoms with van der Waals surface area (Å²) in [5, 5.41) is 1.05. The number of rotatable bonds is 10. The lowest BCUT2D eigenvalue weighted by atomic mass is 10.1. The second kappa shape index (κ2) is 13.4. The number of anilines is 1. The van der Waals surface area contributed by atoms with Crippen molar-refractivity contribution in [1.29, 1.82) is 0 Å². The summed E-state index contributed by atoms with van der Waals surface area (Å²) < 4.78 is 0. The predicted molar refractivity (Wildman–Crippen MR) is 146 cm³/mol. The minimum atomic E-state index is -0.264. The topological polar surface area (TPSA) is 70.6 Å². The smallest absolute Gasteiger partial charge is 0.274 e. The van der Waals surface area contributed by atoms with Crippen LogP contribution in [-0.2, 0) is 10.6 Å². The van der Waals surface area contributed by atoms with Crippen LogP contribution in [0.25, 0.3) is 6.08 Å². The van der Waals surface area contributed by atoms with Gasteiger partial charge in [0.1, 0.15) is 11.0 Å². The molecule has 0 radical (unpaired) electrons. The Morgan fingerprint density at radius 1 is 1.08 bits per heavy atom. The van der Waals surface area contributed by atoms with Crippen LogP contribution >= 0.6 is 23.4 Å². The van der Waals surface area contributed by atoms with E-state index in [2.05, 4.69) is 56.7 Å². The van der Waals surface area contributed by atoms with Crippen molar-refractivity contribution >= 4 is 41.2 Å². The van der Waals surface area contributed by atoms with Gasteiger partial charge in [-0.1, -0.05) is 78.0 Å². The highest BCUT2D eigenvalue weighted by atomic mass is 35.5. The maximum atomic E-state index is 12.1. The molecule has 1 aliphatic rings. The molecule has 0 unspecified atom stereocenters. The van der Waals surface area contributed by atoms with Gasteiger partial charge in [0.15, 0.2) is 5.16 Å². The van der Waals surface area contributed by atoms with Crippen molar-refractivity contribution in [3.8, 4) is 0 Å². The van der Waals surface area contributed by atoms with E-state index in [9.17, 15) is 4.79 Å². The van der Waals surface area contributed by atoms with Gasteiger partial charge in [-0.25, -0.2) is 15.4 Å². The fourth-order valence-corrected chi connectivity index (χ4v) is 4.84. The molecule has 1 fully saturated rings. The molecule has 1 aliphatic heterocycles. The molecular weight excluding hydrogens is 494 g/mol. The van der Waals surface area contributed by atoms with Gasteiger partial charge in [-0.15, -0.1) is 0 Å². The van der Waals surface area contributed by atoms with Crippen LogP contribution in [0.15, 0.2) is 71.9 Å². The number of hydrogen-bond donors (Lipinski definition) is 1. The SMILES string of the molecule is CCONC(=O)c1cccc(CSc2nc(Cl)cc(N3CCN(C/C=C/c4ccccc4)CC3)n2)c1. The van der Waals surface area contributed by atoms with Gasteiger partial charge < -0.3 is 4.90 Å². The molecule has 2 aromatic carbocycles. The molecule has 36 heavy (non-hydrogen) atoms. The molecule has 0 atom stereocenters. The van der Waals surface area contributed by atoms with E-state index in [1.54, 1.807) is 6.07 Å². The van der Waals surface area contributed by atoms with Crippen LogP contribution in [0.5, 0.6) is 0 Å². The number of nitrogens with one attached hydrogen (secondary N) is 1. The first-order chi connectivity index (χ1) is 17.6. The summed E-state index contributed by atoms with van der Waals surface area (Å²) in [4.78, 5) is 31.0. The molecule has 7 nitrogen and oxygen atoms in total. The monoisotopic (exact) mass is 523 g/mol. The summed E-state index contributed by atoms with van der Waals surface area (Å²) in [6.45, 7) is 6.84. The lowest BCUT2D eigenvalue weighted by Crippen LogP contribution is -2.46. The van der Waals surface area contributed by atoms with Crippen molar-refractivity contribution in [1.82, 2.24) is 20.3 Å². The first-order valence-corrected chi connectivity index (χ1v) is 13.3. The summed E-state index contributed by atoms with van der Waals surface area (Å²) in [5.41, 5.74) is 5.18. The van der Waals surface area contributed by atoms with Crippen molar-refractivity contribution in [2.24, 2.45) is 0 Å². The van der Waals surface area contributed by atoms with Crippen LogP contribution in [0.1, 0.15) is 28.4 Å². The Balaban J connectivity index is 1.30. The van der Waals surface area contributed by atoms with Gasteiger partial charge in [0, 0.05) is 50.1 Å². The fraction of sp³-hybridized carbons (Fsp3) is 0.296. The quantitative estimate of drug-likeness (QED) is 0.175. The number of carbonyl (C=O) groups excluding carboxylic acids is 1. The average Bonchev–Trinajstić information content (AvgIpc) is 2.91. The third kappa shape index (κ3) is 7.80. The zero-order valence-electron chi connectivity index (χ0n) is 20.3. The predicted octanol–water partition coefficient (Wildman–Crippen LogP) is 4.94. The van der Waals surface area contributed by atoms with E-state index >= 15 is 0 Å². The minimum Gasteiger partial charge on any atom is -0.354 e. The largest absolute Gasteiger partial charge is 0.354 e. The van der Waals surface area contributed by atoms with Crippen molar-refractivity contribution in [3.05, 3.63) is 88.6 Å². The molecule has 1 N–H and O–H groups in total. The summed E-state index contributed by atoms with van der Waals surface area (Å²) in [5.74, 6) is 1.21. The zero-order chi connectivity index (χ0) is 25.2. The number of nitrogens with zero attached hydrogens (tertiary/aromatic N) is 4. The maximum Gasteiger partial charge on any atom is 0.274 e. The molecule has 0 saturated carbocycles. The van der Waals surface area contributed by atoms with Gasteiger partial charge in [-0.3, -0.25) is 14.5 Å². The Morgan fingerprint density at radius 2 is 1.89 bits per heavy atom. The molecule has 1 aromatic heterocycles. The van der Waals surface area contributed by atoms with E-state index in [1.807, 2.05) is 37.3 Å². The molecule has 0 spiro atoms. The Kier molecular flexibility index (Phi) is 9.75. The van der Waals surface area contributed by atoms with Gasteiger partial charge in [0.25, 0.3) is 5.91 Å². The van der Waals surface area contributed by atoms with Gasteiger partial charge in [-0.2, -0.15) is 0 Å². The first kappa shape index (κ1) is 26.2. The lowest BCUT2D eigenvalue weighted by Gasteiger charge is -2.35. The van der Waals surface area contributed by atoms with Gasteiger partial charge in [0.2, 0.25) is 0 Å². The van der Waals surface area contributed by atoms with Crippen molar-refractivity contribution in [2.45, 2.75) is 17.8 Å². The Hall–Kier alpha value is -2.91. The number of thioether (sulfide) groups is 1. The molecule has 0 bridgehead atoms. The highest BCUT2D eigenvalue weighted by Gasteiger charge is 2.19. The van der Waals surface area contributed by atoms with Crippen LogP contribution < -0.4 is 10.4 Å². The van der Waals surface area contributed by atoms with E-state index in [-0.39, 0.29) is 5.91 Å². The number of aromatic nitrogens is 2. The third-order valence-corrected chi connectivity index (χ3v) is 6.81. The van der Waals surface area contributed by atoms with Crippen LogP contribution in [0, 0.1) is 0 Å². The lowest BCUT2D eigenvalue weighted by molar-refractivity contribution is 0.0364. The number of piperazine rings is 1. The number of hydroxylamine groups is 1. The highest BCUT2D eigenvalue weighted by molar-refractivity contribution is 7.98. The maximum absolute atomic E-state index is 12.1. The second-order valence-electron chi connectivity index (χ2n) is 8.29. The number of benzene rings is 2. The summed E-state index contributed by atoms with van der Waals surface area (Å²) in [7, 11) is 0. The van der Waals surface area contributed by atoms with Gasteiger partial charge in [0.05, 0.1) is 6.61 Å². The van der Waals surface area contributed by atoms with E-state index in [0.29, 0.717) is 28.2 Å². The van der Waals surface area contributed by atoms with E-state index in [1.165, 1.54) is 17.3 Å². The van der Waals surface area contributed by atoms with Gasteiger partial charge >= 0.3 is 0 Å². The first-order valence-electron chi connectivity index (χ1n) is 12.0. The van der Waals surface area contributed by atoms with E-state index < -0.39 is 0 Å². The highest BCUT2D eigenvalue weighted by Crippen LogP contribution is 2.25. The molecular formula is C27H30ClN5O2S. The fourth-order valence-electron chi connectivity index (χ4n) is 3.82. The molecule has 3 aromatic rings. The summed E-state index contributed by atoms with van der Waals surface area (Å²) in [6, 6.07) is 19.6. The molecule has 2 heterocycles. The molecule has 4 rings (SSSR count). The number of amides is 1. The Labute approximate surface area is 221 Å². The number of hydrogen-bond acceptors (Lipinski definition) is 7. The second-order valence-corrected chi connectivity index (χ2v) is 9.62. The molecule has 188 valence electrons. The Bertz CT molecular complexity index is 1170. The zero-order valence-corrected chi connectivity index (χ0v) is 21.8. The van der Waals surface area contributed by atoms with Crippen LogP contribution in [-0.4, -0.2) is 60.1 Å². The summed E-state index contributed by atoms with van der Waals surface area (Å²) in [6.07, 6.45) is 4.39. The molecule has 1 saturated heterocycles. The van der Waals surface area contributed by atoms with Crippen LogP contribution in [0.3, 0.4) is 0 Å². The van der Waals surface area contributed by atoms with Crippen LogP contribution in [0.4, 0.5) is 5.82 Å². The standard InChI is InChI=1S/C27H30ClN5O2S/c1-2-35-31-26(34)23-12-6-10-22(18-23)20-36-27-29-24(28)19-25(30-27)33-16-14-32(15-17-33)13-7-11-21-8-4-3-5-9-21/h3-12,18-19H,2,13-17,20H2,1H3,(H,31,34)/b11-7+. The molecule has 0 aliphatic carbocycles. The van der Waals surface area contributed by atoms with E-state index in [4.69, 9.17) is 21.4 Å². The van der Waals surface area contributed by atoms with Crippen LogP contribution in [0.2, 0.25) is 5.15 Å². The molecule has 1 amide bonds. The summed E-state index contributed by atoms with van der Waals surface area (Å²) >= 11 is 7.84. The Morgan fingerprint density at radius 3 is 2.67 bits per heavy atom. The van der Waals surface area contributed by atoms with Crippen molar-refractivity contribution in [2.75, 3.05) is 44.2 Å². The minimum absolute atomic E-state index is 0.264. The number of halogens is 1. The number of carbonyl (C=O) groups is 1. The van der Waals surface area contributed by atoms with E-state index in [0.717, 1.165) is 44.1 Å². The average molecular weight is 524 g/mol. The normalized spacial score (nSPS) is 14.3. The molecule has 9 heteroatoms.